The molecule has 1 heteroatoms. The molecule has 110 valence electrons. The molecular formula is C21H22N+. The van der Waals surface area contributed by atoms with Crippen molar-refractivity contribution in [1.82, 2.24) is 4.48 Å². The molecule has 0 aliphatic carbocycles. The highest BCUT2D eigenvalue weighted by molar-refractivity contribution is 5.70. The number of nitrogens with zero attached hydrogens (tertiary/aromatic N) is 1. The van der Waals surface area contributed by atoms with E-state index in [0.717, 1.165) is 17.4 Å². The maximum atomic E-state index is 2.25. The van der Waals surface area contributed by atoms with Crippen molar-refractivity contribution in [3.05, 3.63) is 91.0 Å². The van der Waals surface area contributed by atoms with Gasteiger partial charge in [-0.25, -0.2) is 4.48 Å². The number of rotatable bonds is 5. The summed E-state index contributed by atoms with van der Waals surface area (Å²) < 4.78 is 0.763. The molecule has 0 aromatic heterocycles. The summed E-state index contributed by atoms with van der Waals surface area (Å²) in [5.74, 6) is 0. The molecule has 0 saturated carbocycles. The van der Waals surface area contributed by atoms with Crippen molar-refractivity contribution in [1.29, 1.82) is 0 Å². The van der Waals surface area contributed by atoms with Gasteiger partial charge in [0, 0.05) is 0 Å². The minimum atomic E-state index is 0.763. The lowest BCUT2D eigenvalue weighted by atomic mass is 10.1. The molecule has 3 aromatic carbocycles. The van der Waals surface area contributed by atoms with Gasteiger partial charge in [-0.15, -0.1) is 0 Å². The van der Waals surface area contributed by atoms with Gasteiger partial charge in [0.15, 0.2) is 0 Å². The van der Waals surface area contributed by atoms with Gasteiger partial charge in [0.1, 0.15) is 17.1 Å². The Morgan fingerprint density at radius 3 is 1.14 bits per heavy atom. The number of hydrogen-bond donors (Lipinski definition) is 0. The van der Waals surface area contributed by atoms with Gasteiger partial charge in [0.2, 0.25) is 0 Å². The van der Waals surface area contributed by atoms with E-state index >= 15 is 0 Å². The summed E-state index contributed by atoms with van der Waals surface area (Å²) in [5, 5.41) is 0. The van der Waals surface area contributed by atoms with Gasteiger partial charge >= 0.3 is 0 Å². The molecule has 0 amide bonds. The van der Waals surface area contributed by atoms with Crippen LogP contribution in [0.4, 0.5) is 17.1 Å². The Morgan fingerprint density at radius 2 is 0.864 bits per heavy atom. The molecule has 0 spiro atoms. The van der Waals surface area contributed by atoms with E-state index in [-0.39, 0.29) is 0 Å². The topological polar surface area (TPSA) is 0 Å². The molecule has 0 bridgehead atoms. The van der Waals surface area contributed by atoms with Crippen LogP contribution in [0.3, 0.4) is 0 Å². The van der Waals surface area contributed by atoms with Crippen molar-refractivity contribution in [2.24, 2.45) is 0 Å². The predicted octanol–water partition coefficient (Wildman–Crippen LogP) is 6.07. The van der Waals surface area contributed by atoms with Crippen molar-refractivity contribution in [2.75, 3.05) is 6.54 Å². The van der Waals surface area contributed by atoms with E-state index in [9.17, 15) is 0 Å². The van der Waals surface area contributed by atoms with Crippen LogP contribution in [0, 0.1) is 0 Å². The minimum Gasteiger partial charge on any atom is -0.227 e. The van der Waals surface area contributed by atoms with Crippen molar-refractivity contribution < 1.29 is 0 Å². The van der Waals surface area contributed by atoms with Crippen molar-refractivity contribution in [3.63, 3.8) is 0 Å². The molecule has 1 nitrogen and oxygen atoms in total. The van der Waals surface area contributed by atoms with Crippen LogP contribution in [0.25, 0.3) is 0 Å². The molecule has 0 aliphatic rings. The molecule has 0 aliphatic heterocycles. The van der Waals surface area contributed by atoms with Gasteiger partial charge < -0.3 is 0 Å². The Kier molecular flexibility index (Phi) is 4.36. The monoisotopic (exact) mass is 288 g/mol. The van der Waals surface area contributed by atoms with Crippen LogP contribution in [0.1, 0.15) is 13.3 Å². The van der Waals surface area contributed by atoms with Crippen LogP contribution in [0.2, 0.25) is 0 Å². The van der Waals surface area contributed by atoms with Gasteiger partial charge in [-0.2, -0.15) is 0 Å². The van der Waals surface area contributed by atoms with E-state index in [1.165, 1.54) is 17.1 Å². The molecule has 3 rings (SSSR count). The Morgan fingerprint density at radius 1 is 0.545 bits per heavy atom. The highest BCUT2D eigenvalue weighted by atomic mass is 15.4. The van der Waals surface area contributed by atoms with Crippen LogP contribution < -0.4 is 4.48 Å². The summed E-state index contributed by atoms with van der Waals surface area (Å²) in [7, 11) is 0. The van der Waals surface area contributed by atoms with E-state index in [0.29, 0.717) is 0 Å². The van der Waals surface area contributed by atoms with Gasteiger partial charge in [0.25, 0.3) is 0 Å². The second-order valence-electron chi connectivity index (χ2n) is 5.54. The Labute approximate surface area is 133 Å². The van der Waals surface area contributed by atoms with Crippen molar-refractivity contribution in [3.8, 4) is 0 Å². The fraction of sp³-hybridized carbons (Fsp3) is 0.143. The lowest BCUT2D eigenvalue weighted by Gasteiger charge is -2.37. The van der Waals surface area contributed by atoms with Crippen LogP contribution in [-0.2, 0) is 0 Å². The number of quaternary nitrogens is 1. The fourth-order valence-corrected chi connectivity index (χ4v) is 3.22. The van der Waals surface area contributed by atoms with Crippen LogP contribution >= 0.6 is 0 Å². The van der Waals surface area contributed by atoms with E-state index in [1.54, 1.807) is 0 Å². The SMILES string of the molecule is CCC[N+](c1ccccc1)(c1ccccc1)c1ccccc1. The molecule has 22 heavy (non-hydrogen) atoms. The number of para-hydroxylation sites is 3. The average Bonchev–Trinajstić information content (AvgIpc) is 2.62. The molecule has 0 unspecified atom stereocenters. The van der Waals surface area contributed by atoms with Crippen molar-refractivity contribution >= 4 is 17.1 Å². The third kappa shape index (κ3) is 2.56. The van der Waals surface area contributed by atoms with Crippen molar-refractivity contribution in [2.45, 2.75) is 13.3 Å². The number of benzene rings is 3. The molecule has 3 aromatic rings. The quantitative estimate of drug-likeness (QED) is 0.500. The molecule has 0 saturated heterocycles. The number of hydrogen-bond acceptors (Lipinski definition) is 0. The summed E-state index contributed by atoms with van der Waals surface area (Å²) in [6.07, 6.45) is 1.11. The zero-order valence-corrected chi connectivity index (χ0v) is 13.0. The predicted molar refractivity (Wildman–Crippen MR) is 95.6 cm³/mol. The van der Waals surface area contributed by atoms with Crippen LogP contribution in [-0.4, -0.2) is 6.54 Å². The van der Waals surface area contributed by atoms with Gasteiger partial charge in [0.05, 0.1) is 6.54 Å². The van der Waals surface area contributed by atoms with Crippen LogP contribution in [0.5, 0.6) is 0 Å². The third-order valence-electron chi connectivity index (χ3n) is 4.15. The first-order chi connectivity index (χ1) is 10.9. The second-order valence-corrected chi connectivity index (χ2v) is 5.54. The molecule has 0 fully saturated rings. The normalized spacial score (nSPS) is 11.3. The van der Waals surface area contributed by atoms with Gasteiger partial charge in [-0.1, -0.05) is 61.5 Å². The maximum absolute atomic E-state index is 2.25. The highest BCUT2D eigenvalue weighted by Crippen LogP contribution is 2.43. The maximum Gasteiger partial charge on any atom is 0.143 e. The largest absolute Gasteiger partial charge is 0.227 e. The lowest BCUT2D eigenvalue weighted by molar-refractivity contribution is 0.511. The molecule has 0 heterocycles. The Bertz CT molecular complexity index is 593. The summed E-state index contributed by atoms with van der Waals surface area (Å²) in [6, 6.07) is 32.4. The van der Waals surface area contributed by atoms with E-state index in [4.69, 9.17) is 0 Å². The zero-order valence-electron chi connectivity index (χ0n) is 13.0. The summed E-state index contributed by atoms with van der Waals surface area (Å²) in [6.45, 7) is 3.29. The Balaban J connectivity index is 2.29. The van der Waals surface area contributed by atoms with Gasteiger partial charge in [-0.05, 0) is 42.8 Å². The summed E-state index contributed by atoms with van der Waals surface area (Å²) in [4.78, 5) is 0. The molecule has 0 atom stereocenters. The summed E-state index contributed by atoms with van der Waals surface area (Å²) >= 11 is 0. The minimum absolute atomic E-state index is 0.763. The molecule has 0 N–H and O–H groups in total. The average molecular weight is 288 g/mol. The standard InChI is InChI=1S/C21H22N/c1-2-18-22(19-12-6-3-7-13-19,20-14-8-4-9-15-20)21-16-10-5-11-17-21/h3-17H,2,18H2,1H3/q+1. The third-order valence-corrected chi connectivity index (χ3v) is 4.15. The highest BCUT2D eigenvalue weighted by Gasteiger charge is 2.34. The van der Waals surface area contributed by atoms with Gasteiger partial charge in [-0.3, -0.25) is 0 Å². The smallest absolute Gasteiger partial charge is 0.143 e. The first kappa shape index (κ1) is 14.6. The lowest BCUT2D eigenvalue weighted by Crippen LogP contribution is -2.39. The molecular weight excluding hydrogens is 266 g/mol. The van der Waals surface area contributed by atoms with E-state index in [1.807, 2.05) is 0 Å². The van der Waals surface area contributed by atoms with E-state index < -0.39 is 0 Å². The second kappa shape index (κ2) is 6.59. The Hall–Kier alpha value is -2.38. The fourth-order valence-electron chi connectivity index (χ4n) is 3.22. The summed E-state index contributed by atoms with van der Waals surface area (Å²) in [5.41, 5.74) is 3.92. The zero-order chi connectivity index (χ0) is 15.3. The van der Waals surface area contributed by atoms with Crippen LogP contribution in [0.15, 0.2) is 91.0 Å². The first-order valence-electron chi connectivity index (χ1n) is 7.93. The molecule has 0 radical (unpaired) electrons. The first-order valence-corrected chi connectivity index (χ1v) is 7.93. The van der Waals surface area contributed by atoms with E-state index in [2.05, 4.69) is 97.9 Å².